The quantitative estimate of drug-likeness (QED) is 0.650. The Morgan fingerprint density at radius 1 is 0.700 bits per heavy atom. The van der Waals surface area contributed by atoms with Gasteiger partial charge < -0.3 is 19.5 Å². The maximum absolute atomic E-state index is 10.1. The molecule has 0 bridgehead atoms. The lowest BCUT2D eigenvalue weighted by Gasteiger charge is -2.32. The SMILES string of the molecule is CC1(C)OB(c2ccc(C3(O)CC3)cc2)OC1(C)C.OC1(c2ccc(Br)cc2)CC1. The van der Waals surface area contributed by atoms with Gasteiger partial charge in [0.1, 0.15) is 0 Å². The van der Waals surface area contributed by atoms with E-state index in [4.69, 9.17) is 9.31 Å². The Hall–Kier alpha value is -1.18. The van der Waals surface area contributed by atoms with Gasteiger partial charge in [-0.3, -0.25) is 0 Å². The lowest BCUT2D eigenvalue weighted by molar-refractivity contribution is 0.00578. The van der Waals surface area contributed by atoms with Gasteiger partial charge in [0.05, 0.1) is 22.4 Å². The summed E-state index contributed by atoms with van der Waals surface area (Å²) < 4.78 is 13.1. The average Bonchev–Trinajstić information content (AvgIpc) is 3.60. The molecule has 2 N–H and O–H groups in total. The highest BCUT2D eigenvalue weighted by molar-refractivity contribution is 9.10. The summed E-state index contributed by atoms with van der Waals surface area (Å²) in [6, 6.07) is 15.8. The summed E-state index contributed by atoms with van der Waals surface area (Å²) in [5.74, 6) is 0. The Morgan fingerprint density at radius 3 is 1.43 bits per heavy atom. The second-order valence-corrected chi connectivity index (χ2v) is 10.7. The molecule has 3 aliphatic rings. The van der Waals surface area contributed by atoms with Crippen molar-refractivity contribution in [1.82, 2.24) is 0 Å². The Morgan fingerprint density at radius 2 is 1.07 bits per heavy atom. The van der Waals surface area contributed by atoms with Crippen molar-refractivity contribution in [2.45, 2.75) is 75.8 Å². The number of halogens is 1. The van der Waals surface area contributed by atoms with E-state index in [0.29, 0.717) is 0 Å². The zero-order valence-electron chi connectivity index (χ0n) is 18.1. The van der Waals surface area contributed by atoms with Crippen LogP contribution in [0.4, 0.5) is 0 Å². The molecule has 4 nitrogen and oxygen atoms in total. The highest BCUT2D eigenvalue weighted by Crippen LogP contribution is 2.46. The average molecular weight is 473 g/mol. The molecule has 0 unspecified atom stereocenters. The van der Waals surface area contributed by atoms with E-state index in [1.807, 2.05) is 76.2 Å². The summed E-state index contributed by atoms with van der Waals surface area (Å²) in [5.41, 5.74) is 1.35. The van der Waals surface area contributed by atoms with E-state index in [1.165, 1.54) is 0 Å². The van der Waals surface area contributed by atoms with E-state index in [9.17, 15) is 10.2 Å². The Labute approximate surface area is 187 Å². The van der Waals surface area contributed by atoms with E-state index in [0.717, 1.165) is 46.7 Å². The summed E-state index contributed by atoms with van der Waals surface area (Å²) in [6.07, 6.45) is 3.55. The van der Waals surface area contributed by atoms with Crippen molar-refractivity contribution in [2.75, 3.05) is 0 Å². The zero-order chi connectivity index (χ0) is 21.8. The van der Waals surface area contributed by atoms with Crippen LogP contribution in [0, 0.1) is 0 Å². The van der Waals surface area contributed by atoms with Gasteiger partial charge in [-0.15, -0.1) is 0 Å². The molecule has 0 amide bonds. The first kappa shape index (κ1) is 22.0. The molecule has 2 aromatic carbocycles. The Balaban J connectivity index is 0.000000168. The number of rotatable bonds is 3. The first-order valence-electron chi connectivity index (χ1n) is 10.6. The number of hydrogen-bond donors (Lipinski definition) is 2. The van der Waals surface area contributed by atoms with Gasteiger partial charge in [-0.1, -0.05) is 52.3 Å². The number of benzene rings is 2. The standard InChI is InChI=1S/C15H21BO3.C9H9BrO/c1-13(2)14(3,4)19-16(18-13)12-7-5-11(6-8-12)15(17)9-10-15;10-8-3-1-7(2-4-8)9(11)5-6-9/h5-8,17H,9-10H2,1-4H3;1-4,11H,5-6H2. The minimum atomic E-state index is -0.575. The molecular formula is C24H30BBrO4. The van der Waals surface area contributed by atoms with Gasteiger partial charge in [0.25, 0.3) is 0 Å². The van der Waals surface area contributed by atoms with Gasteiger partial charge in [0.2, 0.25) is 0 Å². The van der Waals surface area contributed by atoms with Gasteiger partial charge in [-0.2, -0.15) is 0 Å². The molecule has 1 saturated heterocycles. The highest BCUT2D eigenvalue weighted by Gasteiger charge is 2.52. The van der Waals surface area contributed by atoms with Crippen LogP contribution in [-0.2, 0) is 20.5 Å². The van der Waals surface area contributed by atoms with Gasteiger partial charge in [-0.05, 0) is 82.1 Å². The summed E-state index contributed by atoms with van der Waals surface area (Å²) in [7, 11) is -0.326. The molecule has 0 aromatic heterocycles. The molecule has 160 valence electrons. The fourth-order valence-electron chi connectivity index (χ4n) is 3.50. The van der Waals surface area contributed by atoms with Crippen LogP contribution in [0.2, 0.25) is 0 Å². The van der Waals surface area contributed by atoms with Crippen LogP contribution in [0.25, 0.3) is 0 Å². The smallest absolute Gasteiger partial charge is 0.399 e. The second-order valence-electron chi connectivity index (χ2n) is 9.78. The van der Waals surface area contributed by atoms with Crippen LogP contribution < -0.4 is 5.46 Å². The summed E-state index contributed by atoms with van der Waals surface area (Å²) in [5, 5.41) is 19.7. The van der Waals surface area contributed by atoms with E-state index in [1.54, 1.807) is 0 Å². The molecule has 2 saturated carbocycles. The molecule has 1 heterocycles. The normalized spacial score (nSPS) is 24.0. The van der Waals surface area contributed by atoms with Crippen molar-refractivity contribution < 1.29 is 19.5 Å². The van der Waals surface area contributed by atoms with Gasteiger partial charge >= 0.3 is 7.12 Å². The van der Waals surface area contributed by atoms with Crippen molar-refractivity contribution in [1.29, 1.82) is 0 Å². The van der Waals surface area contributed by atoms with Gasteiger partial charge in [0, 0.05) is 4.47 Å². The van der Waals surface area contributed by atoms with Gasteiger partial charge in [-0.25, -0.2) is 0 Å². The lowest BCUT2D eigenvalue weighted by Crippen LogP contribution is -2.41. The van der Waals surface area contributed by atoms with Crippen LogP contribution in [0.5, 0.6) is 0 Å². The molecular weight excluding hydrogens is 443 g/mol. The third-order valence-corrected chi connectivity index (χ3v) is 7.33. The summed E-state index contributed by atoms with van der Waals surface area (Å²) in [4.78, 5) is 0. The van der Waals surface area contributed by atoms with Crippen LogP contribution in [-0.4, -0.2) is 28.5 Å². The van der Waals surface area contributed by atoms with Gasteiger partial charge in [0.15, 0.2) is 0 Å². The molecule has 2 aromatic rings. The first-order chi connectivity index (χ1) is 13.9. The third kappa shape index (κ3) is 4.39. The molecule has 0 radical (unpaired) electrons. The number of hydrogen-bond acceptors (Lipinski definition) is 4. The summed E-state index contributed by atoms with van der Waals surface area (Å²) >= 11 is 3.35. The van der Waals surface area contributed by atoms with Crippen molar-refractivity contribution in [3.05, 3.63) is 64.1 Å². The fraction of sp³-hybridized carbons (Fsp3) is 0.500. The molecule has 6 heteroatoms. The largest absolute Gasteiger partial charge is 0.494 e. The molecule has 1 aliphatic heterocycles. The predicted molar refractivity (Wildman–Crippen MR) is 123 cm³/mol. The monoisotopic (exact) mass is 472 g/mol. The van der Waals surface area contributed by atoms with Crippen LogP contribution in [0.1, 0.15) is 64.5 Å². The van der Waals surface area contributed by atoms with E-state index in [-0.39, 0.29) is 18.3 Å². The van der Waals surface area contributed by atoms with Crippen LogP contribution in [0.3, 0.4) is 0 Å². The van der Waals surface area contributed by atoms with Crippen molar-refractivity contribution in [3.8, 4) is 0 Å². The Kier molecular flexibility index (Phi) is 5.48. The minimum Gasteiger partial charge on any atom is -0.399 e. The van der Waals surface area contributed by atoms with E-state index < -0.39 is 11.2 Å². The van der Waals surface area contributed by atoms with Crippen LogP contribution >= 0.6 is 15.9 Å². The highest BCUT2D eigenvalue weighted by atomic mass is 79.9. The summed E-state index contributed by atoms with van der Waals surface area (Å²) in [6.45, 7) is 8.20. The fourth-order valence-corrected chi connectivity index (χ4v) is 3.77. The van der Waals surface area contributed by atoms with Crippen molar-refractivity contribution in [2.24, 2.45) is 0 Å². The maximum Gasteiger partial charge on any atom is 0.494 e. The molecule has 5 rings (SSSR count). The lowest BCUT2D eigenvalue weighted by atomic mass is 9.78. The second kappa shape index (κ2) is 7.45. The molecule has 2 aliphatic carbocycles. The van der Waals surface area contributed by atoms with Crippen molar-refractivity contribution in [3.63, 3.8) is 0 Å². The molecule has 3 fully saturated rings. The first-order valence-corrected chi connectivity index (χ1v) is 11.4. The predicted octanol–water partition coefficient (Wildman–Crippen LogP) is 4.40. The third-order valence-electron chi connectivity index (χ3n) is 6.80. The molecule has 30 heavy (non-hydrogen) atoms. The van der Waals surface area contributed by atoms with Crippen LogP contribution in [0.15, 0.2) is 53.0 Å². The Bertz CT molecular complexity index is 884. The molecule has 0 spiro atoms. The van der Waals surface area contributed by atoms with E-state index >= 15 is 0 Å². The zero-order valence-corrected chi connectivity index (χ0v) is 19.7. The van der Waals surface area contributed by atoms with E-state index in [2.05, 4.69) is 15.9 Å². The topological polar surface area (TPSA) is 58.9 Å². The minimum absolute atomic E-state index is 0.314. The molecule has 0 atom stereocenters. The number of aliphatic hydroxyl groups is 2. The maximum atomic E-state index is 10.1. The van der Waals surface area contributed by atoms with Crippen molar-refractivity contribution >= 4 is 28.5 Å².